The van der Waals surface area contributed by atoms with Crippen LogP contribution in [-0.2, 0) is 4.79 Å². The van der Waals surface area contributed by atoms with Gasteiger partial charge in [-0.1, -0.05) is 6.08 Å². The fraction of sp³-hybridized carbons (Fsp3) is 0.250. The Labute approximate surface area is 69.7 Å². The third-order valence-electron chi connectivity index (χ3n) is 1.92. The lowest BCUT2D eigenvalue weighted by Gasteiger charge is -1.98. The van der Waals surface area contributed by atoms with Crippen LogP contribution in [0.2, 0.25) is 0 Å². The van der Waals surface area contributed by atoms with Gasteiger partial charge in [0.1, 0.15) is 5.82 Å². The zero-order valence-electron chi connectivity index (χ0n) is 6.72. The summed E-state index contributed by atoms with van der Waals surface area (Å²) in [6.45, 7) is 1.97. The predicted molar refractivity (Wildman–Crippen MR) is 45.5 cm³/mol. The molecule has 1 amide bonds. The summed E-state index contributed by atoms with van der Waals surface area (Å²) in [4.78, 5) is 11.1. The molecule has 2 heterocycles. The summed E-state index contributed by atoms with van der Waals surface area (Å²) in [5.41, 5.74) is 2.05. The second-order valence-corrected chi connectivity index (χ2v) is 2.80. The standard InChI is InChI=1S/C8H9N3O/c1-5-2-3-7(12)10-8-6(5)4-9-11-8/h2,4H,3H2,1H3,(H2,9,10,11,12). The van der Waals surface area contributed by atoms with E-state index in [0.29, 0.717) is 12.2 Å². The largest absolute Gasteiger partial charge is 0.310 e. The van der Waals surface area contributed by atoms with Crippen molar-refractivity contribution in [3.63, 3.8) is 0 Å². The number of nitrogens with zero attached hydrogens (tertiary/aromatic N) is 1. The van der Waals surface area contributed by atoms with Crippen LogP contribution in [-0.4, -0.2) is 16.1 Å². The number of fused-ring (bicyclic) bond motifs is 1. The van der Waals surface area contributed by atoms with Crippen LogP contribution in [0.15, 0.2) is 12.3 Å². The van der Waals surface area contributed by atoms with Crippen LogP contribution < -0.4 is 5.32 Å². The Hall–Kier alpha value is -1.58. The van der Waals surface area contributed by atoms with E-state index >= 15 is 0 Å². The van der Waals surface area contributed by atoms with Crippen molar-refractivity contribution in [1.82, 2.24) is 10.2 Å². The third kappa shape index (κ3) is 1.01. The molecule has 1 aromatic rings. The van der Waals surface area contributed by atoms with Gasteiger partial charge in [0.05, 0.1) is 6.20 Å². The summed E-state index contributed by atoms with van der Waals surface area (Å²) >= 11 is 0. The summed E-state index contributed by atoms with van der Waals surface area (Å²) < 4.78 is 0. The highest BCUT2D eigenvalue weighted by atomic mass is 16.1. The summed E-state index contributed by atoms with van der Waals surface area (Å²) in [5.74, 6) is 0.698. The number of nitrogens with one attached hydrogen (secondary N) is 2. The molecule has 0 saturated heterocycles. The molecule has 0 radical (unpaired) electrons. The topological polar surface area (TPSA) is 57.8 Å². The summed E-state index contributed by atoms with van der Waals surface area (Å²) in [6.07, 6.45) is 4.05. The average Bonchev–Trinajstić information content (AvgIpc) is 2.44. The van der Waals surface area contributed by atoms with E-state index in [9.17, 15) is 4.79 Å². The molecule has 1 aliphatic rings. The van der Waals surface area contributed by atoms with Crippen LogP contribution in [0.1, 0.15) is 18.9 Å². The number of aromatic nitrogens is 2. The monoisotopic (exact) mass is 163 g/mol. The molecule has 2 rings (SSSR count). The molecular weight excluding hydrogens is 154 g/mol. The minimum atomic E-state index is -0.00245. The van der Waals surface area contributed by atoms with Crippen molar-refractivity contribution in [2.45, 2.75) is 13.3 Å². The summed E-state index contributed by atoms with van der Waals surface area (Å²) in [5, 5.41) is 9.31. The van der Waals surface area contributed by atoms with E-state index in [1.165, 1.54) is 0 Å². The van der Waals surface area contributed by atoms with Crippen molar-refractivity contribution in [2.75, 3.05) is 5.32 Å². The molecule has 1 aliphatic heterocycles. The number of H-pyrrole nitrogens is 1. The van der Waals surface area contributed by atoms with Gasteiger partial charge in [0.15, 0.2) is 0 Å². The van der Waals surface area contributed by atoms with E-state index in [1.807, 2.05) is 13.0 Å². The Morgan fingerprint density at radius 1 is 1.58 bits per heavy atom. The first-order valence-corrected chi connectivity index (χ1v) is 3.78. The molecule has 0 bridgehead atoms. The highest BCUT2D eigenvalue weighted by Crippen LogP contribution is 2.23. The maximum Gasteiger partial charge on any atom is 0.229 e. The minimum absolute atomic E-state index is 0.00245. The fourth-order valence-corrected chi connectivity index (χ4v) is 1.23. The Morgan fingerprint density at radius 3 is 3.25 bits per heavy atom. The van der Waals surface area contributed by atoms with Gasteiger partial charge in [-0.3, -0.25) is 9.89 Å². The van der Waals surface area contributed by atoms with Gasteiger partial charge in [-0.25, -0.2) is 0 Å². The second kappa shape index (κ2) is 2.48. The normalized spacial score (nSPS) is 16.1. The van der Waals surface area contributed by atoms with E-state index in [2.05, 4.69) is 15.5 Å². The maximum absolute atomic E-state index is 11.1. The molecule has 0 aromatic carbocycles. The van der Waals surface area contributed by atoms with Crippen LogP contribution >= 0.6 is 0 Å². The number of aromatic amines is 1. The van der Waals surface area contributed by atoms with Crippen LogP contribution in [0.4, 0.5) is 5.82 Å². The summed E-state index contributed by atoms with van der Waals surface area (Å²) in [6, 6.07) is 0. The number of hydrogen-bond acceptors (Lipinski definition) is 2. The summed E-state index contributed by atoms with van der Waals surface area (Å²) in [7, 11) is 0. The number of carbonyl (C=O) groups is 1. The van der Waals surface area contributed by atoms with Gasteiger partial charge >= 0.3 is 0 Å². The first-order valence-electron chi connectivity index (χ1n) is 3.78. The average molecular weight is 163 g/mol. The molecule has 0 atom stereocenters. The quantitative estimate of drug-likeness (QED) is 0.602. The zero-order valence-corrected chi connectivity index (χ0v) is 6.72. The van der Waals surface area contributed by atoms with E-state index < -0.39 is 0 Å². The van der Waals surface area contributed by atoms with E-state index in [1.54, 1.807) is 6.20 Å². The van der Waals surface area contributed by atoms with Crippen LogP contribution in [0.3, 0.4) is 0 Å². The van der Waals surface area contributed by atoms with Crippen LogP contribution in [0, 0.1) is 0 Å². The van der Waals surface area contributed by atoms with Gasteiger partial charge in [-0.2, -0.15) is 5.10 Å². The molecule has 0 aliphatic carbocycles. The van der Waals surface area contributed by atoms with Crippen LogP contribution in [0.5, 0.6) is 0 Å². The highest BCUT2D eigenvalue weighted by Gasteiger charge is 2.13. The lowest BCUT2D eigenvalue weighted by atomic mass is 10.1. The minimum Gasteiger partial charge on any atom is -0.310 e. The Balaban J connectivity index is 2.51. The lowest BCUT2D eigenvalue weighted by molar-refractivity contribution is -0.115. The number of carbonyl (C=O) groups excluding carboxylic acids is 1. The highest BCUT2D eigenvalue weighted by molar-refractivity contribution is 5.96. The lowest BCUT2D eigenvalue weighted by Crippen LogP contribution is -2.09. The molecule has 0 spiro atoms. The number of allylic oxidation sites excluding steroid dienone is 1. The van der Waals surface area contributed by atoms with E-state index in [-0.39, 0.29) is 5.91 Å². The van der Waals surface area contributed by atoms with Crippen LogP contribution in [0.25, 0.3) is 5.57 Å². The van der Waals surface area contributed by atoms with Gasteiger partial charge in [0.2, 0.25) is 5.91 Å². The van der Waals surface area contributed by atoms with Crippen molar-refractivity contribution in [3.8, 4) is 0 Å². The van der Waals surface area contributed by atoms with Gasteiger partial charge in [0, 0.05) is 12.0 Å². The smallest absolute Gasteiger partial charge is 0.229 e. The maximum atomic E-state index is 11.1. The second-order valence-electron chi connectivity index (χ2n) is 2.80. The van der Waals surface area contributed by atoms with Crippen molar-refractivity contribution in [1.29, 1.82) is 0 Å². The fourth-order valence-electron chi connectivity index (χ4n) is 1.23. The Bertz CT molecular complexity index is 351. The SMILES string of the molecule is CC1=CCC(=O)Nc2[nH]ncc21. The van der Waals surface area contributed by atoms with Gasteiger partial charge in [-0.15, -0.1) is 0 Å². The molecule has 12 heavy (non-hydrogen) atoms. The predicted octanol–water partition coefficient (Wildman–Crippen LogP) is 1.16. The Kier molecular flexibility index (Phi) is 1.46. The van der Waals surface area contributed by atoms with E-state index in [4.69, 9.17) is 0 Å². The molecule has 1 aromatic heterocycles. The molecule has 4 heteroatoms. The van der Waals surface area contributed by atoms with E-state index in [0.717, 1.165) is 11.1 Å². The van der Waals surface area contributed by atoms with Crippen molar-refractivity contribution in [2.24, 2.45) is 0 Å². The first-order chi connectivity index (χ1) is 5.77. The number of hydrogen-bond donors (Lipinski definition) is 2. The van der Waals surface area contributed by atoms with Crippen molar-refractivity contribution >= 4 is 17.3 Å². The third-order valence-corrected chi connectivity index (χ3v) is 1.92. The first kappa shape index (κ1) is 7.09. The molecule has 62 valence electrons. The zero-order chi connectivity index (χ0) is 8.55. The number of anilines is 1. The van der Waals surface area contributed by atoms with Gasteiger partial charge < -0.3 is 5.32 Å². The Morgan fingerprint density at radius 2 is 2.42 bits per heavy atom. The number of amides is 1. The van der Waals surface area contributed by atoms with Gasteiger partial charge in [-0.05, 0) is 12.5 Å². The molecule has 2 N–H and O–H groups in total. The molecule has 0 saturated carbocycles. The number of rotatable bonds is 0. The van der Waals surface area contributed by atoms with Crippen molar-refractivity contribution < 1.29 is 4.79 Å². The van der Waals surface area contributed by atoms with Crippen molar-refractivity contribution in [3.05, 3.63) is 17.8 Å². The molecule has 0 unspecified atom stereocenters. The molecule has 4 nitrogen and oxygen atoms in total. The molecular formula is C8H9N3O. The molecule has 0 fully saturated rings. The van der Waals surface area contributed by atoms with Gasteiger partial charge in [0.25, 0.3) is 0 Å².